The Morgan fingerprint density at radius 1 is 1.35 bits per heavy atom. The molecule has 1 aliphatic rings. The number of likely N-dealkylation sites (N-methyl/N-ethyl adjacent to an activating group) is 1. The van der Waals surface area contributed by atoms with Gasteiger partial charge in [-0.15, -0.1) is 24.0 Å². The number of pyridine rings is 1. The van der Waals surface area contributed by atoms with E-state index in [0.29, 0.717) is 18.5 Å². The molecule has 0 bridgehead atoms. The van der Waals surface area contributed by atoms with Crippen LogP contribution in [0.25, 0.3) is 0 Å². The number of nitrogens with one attached hydrogen (secondary N) is 2. The number of hydrogen-bond donors (Lipinski definition) is 2. The lowest BCUT2D eigenvalue weighted by atomic mass is 10.2. The molecular weight excluding hydrogens is 441 g/mol. The van der Waals surface area contributed by atoms with E-state index in [0.717, 1.165) is 31.2 Å². The number of aliphatic imine (C=N–C) groups is 1. The van der Waals surface area contributed by atoms with E-state index in [2.05, 4.69) is 39.4 Å². The van der Waals surface area contributed by atoms with Gasteiger partial charge >= 0.3 is 0 Å². The van der Waals surface area contributed by atoms with Crippen LogP contribution in [0, 0.1) is 0 Å². The first-order valence-electron chi connectivity index (χ1n) is 9.50. The topological polar surface area (TPSA) is 61.8 Å². The zero-order chi connectivity index (χ0) is 18.1. The minimum absolute atomic E-state index is 0. The Morgan fingerprint density at radius 3 is 2.77 bits per heavy atom. The fourth-order valence-electron chi connectivity index (χ4n) is 3.08. The zero-order valence-corrected chi connectivity index (χ0v) is 18.8. The van der Waals surface area contributed by atoms with E-state index in [1.54, 1.807) is 0 Å². The van der Waals surface area contributed by atoms with Gasteiger partial charge in [-0.25, -0.2) is 9.98 Å². The summed E-state index contributed by atoms with van der Waals surface area (Å²) in [4.78, 5) is 11.6. The normalized spacial score (nSPS) is 17.9. The van der Waals surface area contributed by atoms with Crippen molar-refractivity contribution in [3.63, 3.8) is 0 Å². The molecule has 0 aromatic carbocycles. The second kappa shape index (κ2) is 12.3. The molecular formula is C19H34IN5O. The first-order valence-corrected chi connectivity index (χ1v) is 9.50. The summed E-state index contributed by atoms with van der Waals surface area (Å²) in [5.41, 5.74) is 1.07. The summed E-state index contributed by atoms with van der Waals surface area (Å²) in [5.74, 6) is 1.53. The van der Waals surface area contributed by atoms with Gasteiger partial charge in [-0.05, 0) is 52.3 Å². The predicted molar refractivity (Wildman–Crippen MR) is 119 cm³/mol. The second-order valence-corrected chi connectivity index (χ2v) is 6.67. The SMILES string of the molecule is CCNC(=NCc1ccc(OC(C)C)nc1)NCC1CCCN1CC.I. The number of halogens is 1. The second-order valence-electron chi connectivity index (χ2n) is 6.67. The number of likely N-dealkylation sites (tertiary alicyclic amines) is 1. The van der Waals surface area contributed by atoms with Gasteiger partial charge in [0.1, 0.15) is 0 Å². The van der Waals surface area contributed by atoms with Crippen molar-refractivity contribution in [2.75, 3.05) is 26.2 Å². The molecule has 7 heteroatoms. The molecule has 0 spiro atoms. The lowest BCUT2D eigenvalue weighted by molar-refractivity contribution is 0.232. The van der Waals surface area contributed by atoms with Crippen LogP contribution in [0.15, 0.2) is 23.3 Å². The molecule has 1 saturated heterocycles. The molecule has 1 unspecified atom stereocenters. The average Bonchev–Trinajstić information content (AvgIpc) is 3.05. The highest BCUT2D eigenvalue weighted by Gasteiger charge is 2.22. The molecule has 2 rings (SSSR count). The van der Waals surface area contributed by atoms with E-state index in [1.165, 1.54) is 19.4 Å². The number of aromatic nitrogens is 1. The molecule has 2 heterocycles. The third kappa shape index (κ3) is 7.65. The van der Waals surface area contributed by atoms with Gasteiger partial charge in [0.2, 0.25) is 5.88 Å². The van der Waals surface area contributed by atoms with Gasteiger partial charge < -0.3 is 15.4 Å². The minimum Gasteiger partial charge on any atom is -0.475 e. The Balaban J connectivity index is 0.00000338. The van der Waals surface area contributed by atoms with Gasteiger partial charge in [-0.2, -0.15) is 0 Å². The van der Waals surface area contributed by atoms with E-state index in [4.69, 9.17) is 4.74 Å². The van der Waals surface area contributed by atoms with Gasteiger partial charge in [0, 0.05) is 31.4 Å². The van der Waals surface area contributed by atoms with Gasteiger partial charge in [0.25, 0.3) is 0 Å². The summed E-state index contributed by atoms with van der Waals surface area (Å²) < 4.78 is 5.57. The van der Waals surface area contributed by atoms with Crippen molar-refractivity contribution in [3.05, 3.63) is 23.9 Å². The van der Waals surface area contributed by atoms with Crippen LogP contribution in [0.3, 0.4) is 0 Å². The highest BCUT2D eigenvalue weighted by atomic mass is 127. The van der Waals surface area contributed by atoms with Crippen LogP contribution < -0.4 is 15.4 Å². The molecule has 2 N–H and O–H groups in total. The summed E-state index contributed by atoms with van der Waals surface area (Å²) in [6.07, 6.45) is 4.53. The maximum absolute atomic E-state index is 5.57. The number of guanidine groups is 1. The van der Waals surface area contributed by atoms with Crippen molar-refractivity contribution in [2.24, 2.45) is 4.99 Å². The number of rotatable bonds is 8. The Labute approximate surface area is 175 Å². The van der Waals surface area contributed by atoms with E-state index in [-0.39, 0.29) is 30.1 Å². The van der Waals surface area contributed by atoms with E-state index in [9.17, 15) is 0 Å². The predicted octanol–water partition coefficient (Wildman–Crippen LogP) is 3.03. The van der Waals surface area contributed by atoms with Crippen LogP contribution in [0.4, 0.5) is 0 Å². The fraction of sp³-hybridized carbons (Fsp3) is 0.684. The molecule has 0 saturated carbocycles. The molecule has 1 aromatic rings. The first kappa shape index (κ1) is 23.0. The summed E-state index contributed by atoms with van der Waals surface area (Å²) >= 11 is 0. The highest BCUT2D eigenvalue weighted by Crippen LogP contribution is 2.15. The Bertz CT molecular complexity index is 535. The molecule has 26 heavy (non-hydrogen) atoms. The fourth-order valence-corrected chi connectivity index (χ4v) is 3.08. The molecule has 1 aliphatic heterocycles. The van der Waals surface area contributed by atoms with Crippen molar-refractivity contribution < 1.29 is 4.74 Å². The lowest BCUT2D eigenvalue weighted by Crippen LogP contribution is -2.44. The minimum atomic E-state index is 0. The van der Waals surface area contributed by atoms with Crippen molar-refractivity contribution >= 4 is 29.9 Å². The largest absolute Gasteiger partial charge is 0.475 e. The smallest absolute Gasteiger partial charge is 0.213 e. The van der Waals surface area contributed by atoms with Crippen LogP contribution in [0.1, 0.15) is 46.1 Å². The number of hydrogen-bond acceptors (Lipinski definition) is 4. The summed E-state index contributed by atoms with van der Waals surface area (Å²) in [6.45, 7) is 13.1. The van der Waals surface area contributed by atoms with E-state index >= 15 is 0 Å². The molecule has 0 radical (unpaired) electrons. The Hall–Kier alpha value is -1.09. The zero-order valence-electron chi connectivity index (χ0n) is 16.5. The van der Waals surface area contributed by atoms with E-state index in [1.807, 2.05) is 32.2 Å². The van der Waals surface area contributed by atoms with Crippen LogP contribution >= 0.6 is 24.0 Å². The highest BCUT2D eigenvalue weighted by molar-refractivity contribution is 14.0. The Kier molecular flexibility index (Phi) is 10.9. The molecule has 1 atom stereocenters. The first-order chi connectivity index (χ1) is 12.1. The molecule has 6 nitrogen and oxygen atoms in total. The van der Waals surface area contributed by atoms with Gasteiger partial charge in [0.05, 0.1) is 12.6 Å². The maximum atomic E-state index is 5.57. The van der Waals surface area contributed by atoms with Gasteiger partial charge in [0.15, 0.2) is 5.96 Å². The summed E-state index contributed by atoms with van der Waals surface area (Å²) in [5, 5.41) is 6.81. The van der Waals surface area contributed by atoms with Crippen molar-refractivity contribution in [3.8, 4) is 5.88 Å². The molecule has 1 aromatic heterocycles. The number of nitrogens with zero attached hydrogens (tertiary/aromatic N) is 3. The summed E-state index contributed by atoms with van der Waals surface area (Å²) in [6, 6.07) is 4.54. The molecule has 148 valence electrons. The van der Waals surface area contributed by atoms with Crippen molar-refractivity contribution in [1.29, 1.82) is 0 Å². The molecule has 0 aliphatic carbocycles. The van der Waals surface area contributed by atoms with E-state index < -0.39 is 0 Å². The quantitative estimate of drug-likeness (QED) is 0.344. The molecule has 1 fully saturated rings. The van der Waals surface area contributed by atoms with Crippen LogP contribution in [-0.2, 0) is 6.54 Å². The maximum Gasteiger partial charge on any atom is 0.213 e. The van der Waals surface area contributed by atoms with Crippen molar-refractivity contribution in [1.82, 2.24) is 20.5 Å². The van der Waals surface area contributed by atoms with Crippen LogP contribution in [-0.4, -0.2) is 54.2 Å². The third-order valence-corrected chi connectivity index (χ3v) is 4.33. The summed E-state index contributed by atoms with van der Waals surface area (Å²) in [7, 11) is 0. The van der Waals surface area contributed by atoms with Gasteiger partial charge in [-0.1, -0.05) is 13.0 Å². The van der Waals surface area contributed by atoms with Crippen LogP contribution in [0.2, 0.25) is 0 Å². The lowest BCUT2D eigenvalue weighted by Gasteiger charge is -2.24. The third-order valence-electron chi connectivity index (χ3n) is 4.33. The van der Waals surface area contributed by atoms with Gasteiger partial charge in [-0.3, -0.25) is 4.90 Å². The molecule has 0 amide bonds. The number of ether oxygens (including phenoxy) is 1. The van der Waals surface area contributed by atoms with Crippen molar-refractivity contribution in [2.45, 2.75) is 59.2 Å². The average molecular weight is 475 g/mol. The Morgan fingerprint density at radius 2 is 2.15 bits per heavy atom. The van der Waals surface area contributed by atoms with Crippen LogP contribution in [0.5, 0.6) is 5.88 Å². The standard InChI is InChI=1S/C19H33N5O.HI/c1-5-20-19(23-14-17-8-7-11-24(17)6-2)22-13-16-9-10-18(21-12-16)25-15(3)4;/h9-10,12,15,17H,5-8,11,13-14H2,1-4H3,(H2,20,22,23);1H. The monoisotopic (exact) mass is 475 g/mol.